The van der Waals surface area contributed by atoms with E-state index >= 15 is 0 Å². The first-order valence-electron chi connectivity index (χ1n) is 10.3. The molecule has 0 saturated heterocycles. The second kappa shape index (κ2) is 9.50. The molecule has 0 atom stereocenters. The summed E-state index contributed by atoms with van der Waals surface area (Å²) in [5, 5.41) is 16.8. The Morgan fingerprint density at radius 2 is 1.70 bits per heavy atom. The first-order chi connectivity index (χ1) is 15.9. The number of fused-ring (bicyclic) bond motifs is 1. The minimum atomic E-state index is -0.0826. The van der Waals surface area contributed by atoms with Gasteiger partial charge >= 0.3 is 0 Å². The quantitative estimate of drug-likeness (QED) is 0.405. The molecule has 9 heteroatoms. The van der Waals surface area contributed by atoms with E-state index in [1.165, 1.54) is 17.3 Å². The molecule has 2 aromatic heterocycles. The zero-order valence-electron chi connectivity index (χ0n) is 19.2. The van der Waals surface area contributed by atoms with Crippen molar-refractivity contribution in [3.05, 3.63) is 59.2 Å². The van der Waals surface area contributed by atoms with Crippen LogP contribution in [0.1, 0.15) is 16.7 Å². The van der Waals surface area contributed by atoms with Crippen molar-refractivity contribution in [3.8, 4) is 22.9 Å². The van der Waals surface area contributed by atoms with Gasteiger partial charge in [-0.3, -0.25) is 4.79 Å². The van der Waals surface area contributed by atoms with Crippen LogP contribution in [-0.4, -0.2) is 45.7 Å². The van der Waals surface area contributed by atoms with E-state index in [-0.39, 0.29) is 11.7 Å². The minimum Gasteiger partial charge on any atom is -0.493 e. The predicted molar refractivity (Wildman–Crippen MR) is 129 cm³/mol. The standard InChI is InChI=1S/C24H25N5O3S/c1-14-10-15(2)23(16(3)11-14)25-21(30)13-33-22-9-8-20-26-27-24(29(20)28-22)17-6-7-18(31-4)19(12-17)32-5/h6-12H,13H2,1-5H3,(H,25,30). The van der Waals surface area contributed by atoms with Gasteiger partial charge in [0.05, 0.1) is 20.0 Å². The molecule has 0 bridgehead atoms. The Balaban J connectivity index is 1.53. The molecule has 8 nitrogen and oxygen atoms in total. The van der Waals surface area contributed by atoms with Gasteiger partial charge in [-0.25, -0.2) is 0 Å². The number of hydrogen-bond acceptors (Lipinski definition) is 7. The van der Waals surface area contributed by atoms with E-state index < -0.39 is 0 Å². The minimum absolute atomic E-state index is 0.0826. The van der Waals surface area contributed by atoms with E-state index in [9.17, 15) is 4.79 Å². The molecule has 0 saturated carbocycles. The van der Waals surface area contributed by atoms with E-state index in [2.05, 4.69) is 32.7 Å². The zero-order chi connectivity index (χ0) is 23.5. The summed E-state index contributed by atoms with van der Waals surface area (Å²) < 4.78 is 12.4. The van der Waals surface area contributed by atoms with Crippen LogP contribution >= 0.6 is 11.8 Å². The summed E-state index contributed by atoms with van der Waals surface area (Å²) in [6.07, 6.45) is 0. The van der Waals surface area contributed by atoms with Crippen LogP contribution in [-0.2, 0) is 4.79 Å². The molecule has 0 unspecified atom stereocenters. The third-order valence-electron chi connectivity index (χ3n) is 5.17. The number of nitrogens with one attached hydrogen (secondary N) is 1. The third-order valence-corrected chi connectivity index (χ3v) is 6.09. The van der Waals surface area contributed by atoms with Crippen LogP contribution in [0.2, 0.25) is 0 Å². The number of carbonyl (C=O) groups is 1. The molecule has 0 radical (unpaired) electrons. The van der Waals surface area contributed by atoms with Gasteiger partial charge in [-0.15, -0.1) is 10.2 Å². The van der Waals surface area contributed by atoms with Crippen LogP contribution in [0.3, 0.4) is 0 Å². The summed E-state index contributed by atoms with van der Waals surface area (Å²) in [6, 6.07) is 13.3. The fraction of sp³-hybridized carbons (Fsp3) is 0.250. The number of amides is 1. The van der Waals surface area contributed by atoms with Gasteiger partial charge in [-0.2, -0.15) is 9.61 Å². The summed E-state index contributed by atoms with van der Waals surface area (Å²) in [6.45, 7) is 6.05. The monoisotopic (exact) mass is 463 g/mol. The normalized spacial score (nSPS) is 10.9. The summed E-state index contributed by atoms with van der Waals surface area (Å²) in [7, 11) is 3.17. The predicted octanol–water partition coefficient (Wildman–Crippen LogP) is 4.46. The van der Waals surface area contributed by atoms with Crippen LogP contribution in [0, 0.1) is 20.8 Å². The topological polar surface area (TPSA) is 90.6 Å². The zero-order valence-corrected chi connectivity index (χ0v) is 20.0. The maximum atomic E-state index is 12.6. The lowest BCUT2D eigenvalue weighted by molar-refractivity contribution is -0.113. The number of nitrogens with zero attached hydrogens (tertiary/aromatic N) is 4. The average molecular weight is 464 g/mol. The van der Waals surface area contributed by atoms with E-state index in [1.54, 1.807) is 18.7 Å². The van der Waals surface area contributed by atoms with Crippen molar-refractivity contribution in [2.75, 3.05) is 25.3 Å². The van der Waals surface area contributed by atoms with Crippen molar-refractivity contribution in [3.63, 3.8) is 0 Å². The highest BCUT2D eigenvalue weighted by Gasteiger charge is 2.14. The number of aromatic nitrogens is 4. The molecule has 170 valence electrons. The van der Waals surface area contributed by atoms with Crippen LogP contribution in [0.25, 0.3) is 17.0 Å². The van der Waals surface area contributed by atoms with Crippen LogP contribution in [0.15, 0.2) is 47.5 Å². The summed E-state index contributed by atoms with van der Waals surface area (Å²) in [5.74, 6) is 1.95. The number of ether oxygens (including phenoxy) is 2. The van der Waals surface area contributed by atoms with E-state index in [4.69, 9.17) is 9.47 Å². The van der Waals surface area contributed by atoms with Gasteiger partial charge in [0.2, 0.25) is 5.91 Å². The number of benzene rings is 2. The van der Waals surface area contributed by atoms with Crippen molar-refractivity contribution in [1.29, 1.82) is 0 Å². The van der Waals surface area contributed by atoms with Gasteiger partial charge in [-0.05, 0) is 62.2 Å². The molecule has 4 aromatic rings. The van der Waals surface area contributed by atoms with Crippen molar-refractivity contribution in [1.82, 2.24) is 19.8 Å². The molecule has 33 heavy (non-hydrogen) atoms. The summed E-state index contributed by atoms with van der Waals surface area (Å²) >= 11 is 1.35. The number of anilines is 1. The number of aryl methyl sites for hydroxylation is 3. The van der Waals surface area contributed by atoms with Crippen LogP contribution in [0.5, 0.6) is 11.5 Å². The van der Waals surface area contributed by atoms with Crippen molar-refractivity contribution < 1.29 is 14.3 Å². The number of carbonyl (C=O) groups excluding carboxylic acids is 1. The van der Waals surface area contributed by atoms with Gasteiger partial charge < -0.3 is 14.8 Å². The molecule has 2 aromatic carbocycles. The number of thioether (sulfide) groups is 1. The van der Waals surface area contributed by atoms with Gasteiger partial charge in [0.1, 0.15) is 5.03 Å². The molecular formula is C24H25N5O3S. The molecule has 0 aliphatic rings. The molecule has 0 aliphatic heterocycles. The molecule has 1 amide bonds. The van der Waals surface area contributed by atoms with Gasteiger partial charge in [-0.1, -0.05) is 29.5 Å². The number of rotatable bonds is 7. The lowest BCUT2D eigenvalue weighted by Gasteiger charge is -2.12. The fourth-order valence-electron chi connectivity index (χ4n) is 3.70. The molecule has 4 rings (SSSR count). The Kier molecular flexibility index (Phi) is 6.50. The highest BCUT2D eigenvalue weighted by Crippen LogP contribution is 2.32. The summed E-state index contributed by atoms with van der Waals surface area (Å²) in [5.41, 5.74) is 5.54. The van der Waals surface area contributed by atoms with E-state index in [1.807, 2.05) is 51.1 Å². The second-order valence-corrected chi connectivity index (χ2v) is 8.64. The summed E-state index contributed by atoms with van der Waals surface area (Å²) in [4.78, 5) is 12.6. The van der Waals surface area contributed by atoms with Crippen LogP contribution < -0.4 is 14.8 Å². The molecule has 0 fully saturated rings. The van der Waals surface area contributed by atoms with Crippen molar-refractivity contribution in [2.24, 2.45) is 0 Å². The van der Waals surface area contributed by atoms with E-state index in [0.717, 1.165) is 22.4 Å². The maximum absolute atomic E-state index is 12.6. The SMILES string of the molecule is COc1ccc(-c2nnc3ccc(SCC(=O)Nc4c(C)cc(C)cc4C)nn23)cc1OC. The second-order valence-electron chi connectivity index (χ2n) is 7.65. The van der Waals surface area contributed by atoms with Crippen molar-refractivity contribution >= 4 is 29.0 Å². The molecule has 1 N–H and O–H groups in total. The smallest absolute Gasteiger partial charge is 0.234 e. The Morgan fingerprint density at radius 3 is 2.39 bits per heavy atom. The Labute approximate surface area is 196 Å². The Morgan fingerprint density at radius 1 is 0.970 bits per heavy atom. The number of methoxy groups -OCH3 is 2. The van der Waals surface area contributed by atoms with Gasteiger partial charge in [0.25, 0.3) is 0 Å². The van der Waals surface area contributed by atoms with E-state index in [0.29, 0.717) is 28.0 Å². The van der Waals surface area contributed by atoms with Crippen LogP contribution in [0.4, 0.5) is 5.69 Å². The lowest BCUT2D eigenvalue weighted by atomic mass is 10.1. The molecule has 0 spiro atoms. The lowest BCUT2D eigenvalue weighted by Crippen LogP contribution is -2.16. The highest BCUT2D eigenvalue weighted by molar-refractivity contribution is 7.99. The molecule has 2 heterocycles. The molecular weight excluding hydrogens is 438 g/mol. The maximum Gasteiger partial charge on any atom is 0.234 e. The largest absolute Gasteiger partial charge is 0.493 e. The third kappa shape index (κ3) is 4.78. The van der Waals surface area contributed by atoms with Gasteiger partial charge in [0, 0.05) is 11.3 Å². The molecule has 0 aliphatic carbocycles. The highest BCUT2D eigenvalue weighted by atomic mass is 32.2. The van der Waals surface area contributed by atoms with Crippen molar-refractivity contribution in [2.45, 2.75) is 25.8 Å². The van der Waals surface area contributed by atoms with Gasteiger partial charge in [0.15, 0.2) is 23.0 Å². The first-order valence-corrected chi connectivity index (χ1v) is 11.3. The Bertz CT molecular complexity index is 1310. The average Bonchev–Trinajstić information content (AvgIpc) is 3.22. The fourth-order valence-corrected chi connectivity index (χ4v) is 4.35. The Hall–Kier alpha value is -3.59. The number of hydrogen-bond donors (Lipinski definition) is 1. The first kappa shape index (κ1) is 22.6.